The van der Waals surface area contributed by atoms with Gasteiger partial charge >= 0.3 is 12.3 Å². The number of methoxy groups -OCH3 is 2. The molecule has 0 saturated carbocycles. The van der Waals surface area contributed by atoms with Gasteiger partial charge in [-0.3, -0.25) is 4.79 Å². The van der Waals surface area contributed by atoms with Crippen molar-refractivity contribution in [1.29, 1.82) is 0 Å². The van der Waals surface area contributed by atoms with E-state index >= 15 is 0 Å². The quantitative estimate of drug-likeness (QED) is 0.719. The van der Waals surface area contributed by atoms with Gasteiger partial charge in [0.1, 0.15) is 5.75 Å². The molecule has 1 amide bonds. The van der Waals surface area contributed by atoms with Crippen LogP contribution in [-0.4, -0.2) is 39.1 Å². The number of nitrogens with one attached hydrogen (secondary N) is 1. The van der Waals surface area contributed by atoms with Crippen molar-refractivity contribution < 1.29 is 41.7 Å². The largest absolute Gasteiger partial charge is 0.573 e. The Hall–Kier alpha value is -3.43. The van der Waals surface area contributed by atoms with E-state index in [1.807, 2.05) is 0 Å². The predicted molar refractivity (Wildman–Crippen MR) is 91.6 cm³/mol. The number of amides is 1. The monoisotopic (exact) mass is 399 g/mol. The van der Waals surface area contributed by atoms with Crippen LogP contribution in [0.1, 0.15) is 10.4 Å². The molecule has 0 heterocycles. The Morgan fingerprint density at radius 2 is 1.61 bits per heavy atom. The summed E-state index contributed by atoms with van der Waals surface area (Å²) in [6.07, 6.45) is -4.80. The molecule has 2 aromatic carbocycles. The number of hydrogen-bond acceptors (Lipinski definition) is 6. The normalized spacial score (nSPS) is 10.8. The minimum absolute atomic E-state index is 0.152. The van der Waals surface area contributed by atoms with Gasteiger partial charge in [0.25, 0.3) is 5.91 Å². The Kier molecular flexibility index (Phi) is 6.69. The van der Waals surface area contributed by atoms with Crippen molar-refractivity contribution in [3.63, 3.8) is 0 Å². The minimum atomic E-state index is -4.80. The first kappa shape index (κ1) is 20.9. The van der Waals surface area contributed by atoms with Gasteiger partial charge in [-0.15, -0.1) is 13.2 Å². The summed E-state index contributed by atoms with van der Waals surface area (Å²) in [5.41, 5.74) is 0.362. The van der Waals surface area contributed by atoms with Gasteiger partial charge in [0, 0.05) is 5.69 Å². The molecule has 10 heteroatoms. The number of esters is 1. The number of rotatable bonds is 7. The molecule has 0 aliphatic rings. The summed E-state index contributed by atoms with van der Waals surface area (Å²) in [5.74, 6) is -1.11. The van der Waals surface area contributed by atoms with Gasteiger partial charge in [-0.1, -0.05) is 0 Å². The molecule has 150 valence electrons. The fraction of sp³-hybridized carbons (Fsp3) is 0.222. The maximum Gasteiger partial charge on any atom is 0.573 e. The summed E-state index contributed by atoms with van der Waals surface area (Å²) in [6, 6.07) is 8.88. The summed E-state index contributed by atoms with van der Waals surface area (Å²) < 4.78 is 55.1. The Bertz CT molecular complexity index is 836. The highest BCUT2D eigenvalue weighted by atomic mass is 19.4. The Morgan fingerprint density at radius 1 is 0.964 bits per heavy atom. The molecule has 0 aliphatic carbocycles. The Labute approximate surface area is 158 Å². The van der Waals surface area contributed by atoms with Gasteiger partial charge in [-0.05, 0) is 42.5 Å². The van der Waals surface area contributed by atoms with Crippen molar-refractivity contribution in [3.05, 3.63) is 48.0 Å². The van der Waals surface area contributed by atoms with Gasteiger partial charge in [0.15, 0.2) is 18.1 Å². The van der Waals surface area contributed by atoms with Crippen molar-refractivity contribution in [2.45, 2.75) is 6.36 Å². The average Bonchev–Trinajstić information content (AvgIpc) is 2.66. The highest BCUT2D eigenvalue weighted by Gasteiger charge is 2.30. The van der Waals surface area contributed by atoms with Crippen LogP contribution >= 0.6 is 0 Å². The van der Waals surface area contributed by atoms with Crippen LogP contribution in [0.25, 0.3) is 0 Å². The molecule has 0 saturated heterocycles. The zero-order valence-corrected chi connectivity index (χ0v) is 14.8. The summed E-state index contributed by atoms with van der Waals surface area (Å²) in [5, 5.41) is 2.38. The third kappa shape index (κ3) is 6.08. The molecular formula is C18H16F3NO6. The van der Waals surface area contributed by atoms with Crippen LogP contribution in [0.5, 0.6) is 17.2 Å². The second-order valence-corrected chi connectivity index (χ2v) is 5.27. The van der Waals surface area contributed by atoms with Gasteiger partial charge < -0.3 is 24.3 Å². The predicted octanol–water partition coefficient (Wildman–Crippen LogP) is 3.40. The zero-order valence-electron chi connectivity index (χ0n) is 14.8. The molecule has 0 spiro atoms. The molecule has 0 atom stereocenters. The lowest BCUT2D eigenvalue weighted by Crippen LogP contribution is -2.21. The minimum Gasteiger partial charge on any atom is -0.493 e. The summed E-state index contributed by atoms with van der Waals surface area (Å²) in [6.45, 7) is -0.589. The van der Waals surface area contributed by atoms with Gasteiger partial charge in [0.05, 0.1) is 19.8 Å². The lowest BCUT2D eigenvalue weighted by Gasteiger charge is -2.11. The molecule has 0 radical (unpaired) electrons. The molecule has 1 N–H and O–H groups in total. The molecule has 0 aromatic heterocycles. The van der Waals surface area contributed by atoms with Gasteiger partial charge in [0.2, 0.25) is 0 Å². The van der Waals surface area contributed by atoms with E-state index in [0.29, 0.717) is 11.5 Å². The lowest BCUT2D eigenvalue weighted by molar-refractivity contribution is -0.274. The van der Waals surface area contributed by atoms with Crippen molar-refractivity contribution >= 4 is 17.6 Å². The Morgan fingerprint density at radius 3 is 2.18 bits per heavy atom. The zero-order chi connectivity index (χ0) is 20.7. The third-order valence-electron chi connectivity index (χ3n) is 3.33. The van der Waals surface area contributed by atoms with E-state index in [9.17, 15) is 22.8 Å². The first-order valence-corrected chi connectivity index (χ1v) is 7.76. The van der Waals surface area contributed by atoms with Gasteiger partial charge in [-0.25, -0.2) is 4.79 Å². The fourth-order valence-electron chi connectivity index (χ4n) is 2.11. The number of carbonyl (C=O) groups excluding carboxylic acids is 2. The lowest BCUT2D eigenvalue weighted by atomic mass is 10.2. The number of alkyl halides is 3. The summed E-state index contributed by atoms with van der Waals surface area (Å²) in [7, 11) is 2.85. The molecule has 0 fully saturated rings. The standard InChI is InChI=1S/C18H16F3NO6/c1-25-14-8-3-11(9-15(14)26-2)17(24)27-10-16(23)22-12-4-6-13(7-5-12)28-18(19,20)21/h3-9H,10H2,1-2H3,(H,22,23). The second kappa shape index (κ2) is 8.98. The molecule has 0 bridgehead atoms. The van der Waals surface area contributed by atoms with Crippen molar-refractivity contribution in [3.8, 4) is 17.2 Å². The number of anilines is 1. The van der Waals surface area contributed by atoms with Crippen LogP contribution in [0.15, 0.2) is 42.5 Å². The smallest absolute Gasteiger partial charge is 0.493 e. The first-order valence-electron chi connectivity index (χ1n) is 7.76. The van der Waals surface area contributed by atoms with Crippen molar-refractivity contribution in [2.75, 3.05) is 26.1 Å². The number of benzene rings is 2. The van der Waals surface area contributed by atoms with Crippen LogP contribution in [-0.2, 0) is 9.53 Å². The van der Waals surface area contributed by atoms with Gasteiger partial charge in [-0.2, -0.15) is 0 Å². The molecule has 0 aliphatic heterocycles. The van der Waals surface area contributed by atoms with E-state index in [0.717, 1.165) is 12.1 Å². The highest BCUT2D eigenvalue weighted by Crippen LogP contribution is 2.28. The summed E-state index contributed by atoms with van der Waals surface area (Å²) >= 11 is 0. The first-order chi connectivity index (χ1) is 13.2. The van der Waals surface area contributed by atoms with E-state index < -0.39 is 30.6 Å². The van der Waals surface area contributed by atoms with Crippen LogP contribution in [0.3, 0.4) is 0 Å². The summed E-state index contributed by atoms with van der Waals surface area (Å²) in [4.78, 5) is 23.9. The maximum absolute atomic E-state index is 12.1. The molecule has 0 unspecified atom stereocenters. The topological polar surface area (TPSA) is 83.1 Å². The number of ether oxygens (including phenoxy) is 4. The van der Waals surface area contributed by atoms with Crippen LogP contribution in [0, 0.1) is 0 Å². The van der Waals surface area contributed by atoms with E-state index in [-0.39, 0.29) is 11.3 Å². The van der Waals surface area contributed by atoms with Crippen LogP contribution in [0.4, 0.5) is 18.9 Å². The van der Waals surface area contributed by atoms with E-state index in [1.54, 1.807) is 0 Å². The SMILES string of the molecule is COc1ccc(C(=O)OCC(=O)Nc2ccc(OC(F)(F)F)cc2)cc1OC. The maximum atomic E-state index is 12.1. The third-order valence-corrected chi connectivity index (χ3v) is 3.33. The highest BCUT2D eigenvalue weighted by molar-refractivity contribution is 5.95. The second-order valence-electron chi connectivity index (χ2n) is 5.27. The van der Waals surface area contributed by atoms with Crippen LogP contribution < -0.4 is 19.5 Å². The van der Waals surface area contributed by atoms with Crippen LogP contribution in [0.2, 0.25) is 0 Å². The molecule has 2 rings (SSSR count). The Balaban J connectivity index is 1.89. The van der Waals surface area contributed by atoms with Crippen molar-refractivity contribution in [2.24, 2.45) is 0 Å². The molecular weight excluding hydrogens is 383 g/mol. The molecule has 7 nitrogen and oxygen atoms in total. The number of halogens is 3. The van der Waals surface area contributed by atoms with E-state index in [1.165, 1.54) is 44.6 Å². The molecule has 28 heavy (non-hydrogen) atoms. The van der Waals surface area contributed by atoms with E-state index in [4.69, 9.17) is 14.2 Å². The fourth-order valence-corrected chi connectivity index (χ4v) is 2.11. The average molecular weight is 399 g/mol. The number of carbonyl (C=O) groups is 2. The van der Waals surface area contributed by atoms with E-state index in [2.05, 4.69) is 10.1 Å². The number of hydrogen-bond donors (Lipinski definition) is 1. The molecule has 2 aromatic rings. The van der Waals surface area contributed by atoms with Crippen molar-refractivity contribution in [1.82, 2.24) is 0 Å².